The molecule has 162 valence electrons. The Kier molecular flexibility index (Phi) is 5.52. The first kappa shape index (κ1) is 21.6. The van der Waals surface area contributed by atoms with E-state index in [9.17, 15) is 22.8 Å². The van der Waals surface area contributed by atoms with Crippen LogP contribution in [0.25, 0.3) is 10.2 Å². The minimum atomic E-state index is -3.89. The maximum absolute atomic E-state index is 12.7. The molecule has 1 aliphatic rings. The molecule has 3 amide bonds. The number of rotatable bonds is 4. The zero-order valence-corrected chi connectivity index (χ0v) is 18.1. The second-order valence-corrected chi connectivity index (χ2v) is 9.51. The zero-order chi connectivity index (χ0) is 23.0. The standard InChI is InChI=1S/C21H16N4O5S2/c1-2-11-24-16-8-7-15(32(22,29)30)12-17(16)31-21(24)23-20(28)13-3-5-14(6-4-13)25-18(26)9-10-19(25)27/h1,3-8,12H,9-11H2,(H2,22,29,30). The number of primary sulfonamides is 1. The summed E-state index contributed by atoms with van der Waals surface area (Å²) in [6, 6.07) is 10.3. The van der Waals surface area contributed by atoms with Crippen LogP contribution in [0.1, 0.15) is 23.2 Å². The molecule has 0 aliphatic carbocycles. The smallest absolute Gasteiger partial charge is 0.279 e. The second kappa shape index (κ2) is 8.16. The van der Waals surface area contributed by atoms with Crippen molar-refractivity contribution in [1.29, 1.82) is 0 Å². The van der Waals surface area contributed by atoms with E-state index >= 15 is 0 Å². The molecule has 0 saturated carbocycles. The molecule has 2 N–H and O–H groups in total. The van der Waals surface area contributed by atoms with E-state index in [-0.39, 0.29) is 41.7 Å². The van der Waals surface area contributed by atoms with Gasteiger partial charge in [-0.2, -0.15) is 4.99 Å². The van der Waals surface area contributed by atoms with Crippen molar-refractivity contribution in [2.75, 3.05) is 4.90 Å². The number of aromatic nitrogens is 1. The average molecular weight is 469 g/mol. The number of imide groups is 1. The molecule has 0 bridgehead atoms. The fourth-order valence-corrected chi connectivity index (χ4v) is 5.01. The number of fused-ring (bicyclic) bond motifs is 1. The van der Waals surface area contributed by atoms with E-state index in [1.54, 1.807) is 10.6 Å². The third-order valence-electron chi connectivity index (χ3n) is 4.85. The molecule has 0 atom stereocenters. The molecule has 32 heavy (non-hydrogen) atoms. The van der Waals surface area contributed by atoms with E-state index in [2.05, 4.69) is 10.9 Å². The largest absolute Gasteiger partial charge is 0.305 e. The van der Waals surface area contributed by atoms with Gasteiger partial charge in [-0.3, -0.25) is 19.3 Å². The van der Waals surface area contributed by atoms with E-state index in [1.165, 1.54) is 36.4 Å². The lowest BCUT2D eigenvalue weighted by Gasteiger charge is -2.13. The first-order chi connectivity index (χ1) is 15.2. The van der Waals surface area contributed by atoms with Gasteiger partial charge in [0.05, 0.1) is 27.3 Å². The van der Waals surface area contributed by atoms with Crippen molar-refractivity contribution in [2.24, 2.45) is 10.1 Å². The normalized spacial score (nSPS) is 14.9. The predicted molar refractivity (Wildman–Crippen MR) is 118 cm³/mol. The third kappa shape index (κ3) is 3.99. The number of carbonyl (C=O) groups is 3. The summed E-state index contributed by atoms with van der Waals surface area (Å²) in [6.45, 7) is 0.124. The maximum atomic E-state index is 12.7. The second-order valence-electron chi connectivity index (χ2n) is 6.94. The molecule has 3 aromatic rings. The van der Waals surface area contributed by atoms with E-state index in [0.717, 1.165) is 16.2 Å². The average Bonchev–Trinajstić information content (AvgIpc) is 3.26. The summed E-state index contributed by atoms with van der Waals surface area (Å²) in [5, 5.41) is 5.20. The first-order valence-electron chi connectivity index (χ1n) is 9.33. The zero-order valence-electron chi connectivity index (χ0n) is 16.5. The lowest BCUT2D eigenvalue weighted by Crippen LogP contribution is -2.28. The van der Waals surface area contributed by atoms with E-state index in [1.807, 2.05) is 0 Å². The van der Waals surface area contributed by atoms with Gasteiger partial charge in [-0.25, -0.2) is 13.6 Å². The molecule has 1 fully saturated rings. The third-order valence-corrected chi connectivity index (χ3v) is 6.81. The number of hydrogen-bond acceptors (Lipinski definition) is 6. The Morgan fingerprint density at radius 2 is 1.78 bits per heavy atom. The van der Waals surface area contributed by atoms with Crippen molar-refractivity contribution >= 4 is 55.0 Å². The SMILES string of the molecule is C#CCn1c(=NC(=O)c2ccc(N3C(=O)CCC3=O)cc2)sc2cc(S(N)(=O)=O)ccc21. The van der Waals surface area contributed by atoms with E-state index < -0.39 is 15.9 Å². The van der Waals surface area contributed by atoms with Gasteiger partial charge in [-0.1, -0.05) is 17.3 Å². The van der Waals surface area contributed by atoms with E-state index in [0.29, 0.717) is 20.7 Å². The molecular formula is C21H16N4O5S2. The summed E-state index contributed by atoms with van der Waals surface area (Å²) in [6.07, 6.45) is 5.79. The van der Waals surface area contributed by atoms with Crippen LogP contribution in [0.3, 0.4) is 0 Å². The van der Waals surface area contributed by atoms with Gasteiger partial charge >= 0.3 is 0 Å². The Hall–Kier alpha value is -3.59. The van der Waals surface area contributed by atoms with Crippen LogP contribution in [0, 0.1) is 12.3 Å². The van der Waals surface area contributed by atoms with Gasteiger partial charge in [0.2, 0.25) is 21.8 Å². The van der Waals surface area contributed by atoms with Crippen molar-refractivity contribution in [3.63, 3.8) is 0 Å². The lowest BCUT2D eigenvalue weighted by molar-refractivity contribution is -0.121. The highest BCUT2D eigenvalue weighted by molar-refractivity contribution is 7.89. The molecule has 2 heterocycles. The van der Waals surface area contributed by atoms with Gasteiger partial charge in [-0.05, 0) is 42.5 Å². The van der Waals surface area contributed by atoms with Gasteiger partial charge in [0.15, 0.2) is 4.80 Å². The van der Waals surface area contributed by atoms with Crippen LogP contribution in [-0.2, 0) is 26.2 Å². The first-order valence-corrected chi connectivity index (χ1v) is 11.7. The van der Waals surface area contributed by atoms with Crippen LogP contribution < -0.4 is 14.8 Å². The van der Waals surface area contributed by atoms with Crippen LogP contribution >= 0.6 is 11.3 Å². The minimum absolute atomic E-state index is 0.0569. The van der Waals surface area contributed by atoms with Crippen molar-refractivity contribution in [3.8, 4) is 12.3 Å². The molecule has 1 saturated heterocycles. The molecule has 11 heteroatoms. The Bertz CT molecular complexity index is 1480. The summed E-state index contributed by atoms with van der Waals surface area (Å²) < 4.78 is 25.5. The topological polar surface area (TPSA) is 132 Å². The molecule has 1 aromatic heterocycles. The monoisotopic (exact) mass is 468 g/mol. The van der Waals surface area contributed by atoms with Gasteiger partial charge in [0, 0.05) is 18.4 Å². The number of sulfonamides is 1. The predicted octanol–water partition coefficient (Wildman–Crippen LogP) is 1.38. The number of hydrogen-bond donors (Lipinski definition) is 1. The van der Waals surface area contributed by atoms with Crippen LogP contribution in [0.4, 0.5) is 5.69 Å². The summed E-state index contributed by atoms with van der Waals surface area (Å²) in [5.74, 6) is 1.38. The number of terminal acetylenes is 1. The molecule has 1 aliphatic heterocycles. The van der Waals surface area contributed by atoms with Gasteiger partial charge in [0.25, 0.3) is 5.91 Å². The maximum Gasteiger partial charge on any atom is 0.279 e. The van der Waals surface area contributed by atoms with Crippen LogP contribution in [-0.4, -0.2) is 30.7 Å². The Morgan fingerprint density at radius 1 is 1.12 bits per heavy atom. The van der Waals surface area contributed by atoms with Crippen LogP contribution in [0.5, 0.6) is 0 Å². The van der Waals surface area contributed by atoms with Crippen LogP contribution in [0.2, 0.25) is 0 Å². The van der Waals surface area contributed by atoms with Crippen LogP contribution in [0.15, 0.2) is 52.4 Å². The number of carbonyl (C=O) groups excluding carboxylic acids is 3. The van der Waals surface area contributed by atoms with Gasteiger partial charge in [0.1, 0.15) is 0 Å². The Labute approximate surface area is 186 Å². The number of benzene rings is 2. The van der Waals surface area contributed by atoms with Gasteiger partial charge in [-0.15, -0.1) is 6.42 Å². The Balaban J connectivity index is 1.72. The highest BCUT2D eigenvalue weighted by Gasteiger charge is 2.30. The van der Waals surface area contributed by atoms with Gasteiger partial charge < -0.3 is 4.57 Å². The number of nitrogens with two attached hydrogens (primary N) is 1. The molecule has 2 aromatic carbocycles. The summed E-state index contributed by atoms with van der Waals surface area (Å²) in [5.41, 5.74) is 1.27. The molecule has 0 spiro atoms. The number of thiazole rings is 1. The Morgan fingerprint density at radius 3 is 2.38 bits per heavy atom. The fourth-order valence-electron chi connectivity index (χ4n) is 3.33. The number of anilines is 1. The highest BCUT2D eigenvalue weighted by atomic mass is 32.2. The highest BCUT2D eigenvalue weighted by Crippen LogP contribution is 2.24. The number of nitrogens with zero attached hydrogens (tertiary/aromatic N) is 3. The van der Waals surface area contributed by atoms with Crippen molar-refractivity contribution < 1.29 is 22.8 Å². The van der Waals surface area contributed by atoms with E-state index in [4.69, 9.17) is 11.6 Å². The van der Waals surface area contributed by atoms with Crippen molar-refractivity contribution in [3.05, 3.63) is 52.8 Å². The lowest BCUT2D eigenvalue weighted by atomic mass is 10.2. The summed E-state index contributed by atoms with van der Waals surface area (Å²) >= 11 is 1.10. The van der Waals surface area contributed by atoms with Crippen molar-refractivity contribution in [1.82, 2.24) is 4.57 Å². The molecule has 0 unspecified atom stereocenters. The number of amides is 3. The molecular weight excluding hydrogens is 452 g/mol. The fraction of sp³-hybridized carbons (Fsp3) is 0.143. The molecule has 0 radical (unpaired) electrons. The minimum Gasteiger partial charge on any atom is -0.305 e. The summed E-state index contributed by atoms with van der Waals surface area (Å²) in [7, 11) is -3.89. The van der Waals surface area contributed by atoms with Crippen molar-refractivity contribution in [2.45, 2.75) is 24.3 Å². The molecule has 4 rings (SSSR count). The molecule has 9 nitrogen and oxygen atoms in total. The quantitative estimate of drug-likeness (QED) is 0.456. The summed E-state index contributed by atoms with van der Waals surface area (Å²) in [4.78, 5) is 42.0.